The van der Waals surface area contributed by atoms with Gasteiger partial charge in [0.25, 0.3) is 0 Å². The van der Waals surface area contributed by atoms with E-state index in [1.54, 1.807) is 0 Å². The van der Waals surface area contributed by atoms with Gasteiger partial charge in [0.2, 0.25) is 0 Å². The quantitative estimate of drug-likeness (QED) is 0.792. The van der Waals surface area contributed by atoms with Crippen molar-refractivity contribution in [2.75, 3.05) is 26.2 Å². The molecular formula is C15H30N2. The highest BCUT2D eigenvalue weighted by Gasteiger charge is 2.30. The van der Waals surface area contributed by atoms with E-state index in [0.717, 1.165) is 12.0 Å². The highest BCUT2D eigenvalue weighted by molar-refractivity contribution is 4.86. The Morgan fingerprint density at radius 2 is 2.00 bits per heavy atom. The highest BCUT2D eigenvalue weighted by atomic mass is 15.1. The van der Waals surface area contributed by atoms with Gasteiger partial charge < -0.3 is 10.2 Å². The van der Waals surface area contributed by atoms with Crippen molar-refractivity contribution in [3.8, 4) is 0 Å². The zero-order valence-corrected chi connectivity index (χ0v) is 12.0. The van der Waals surface area contributed by atoms with Gasteiger partial charge in [0.1, 0.15) is 0 Å². The lowest BCUT2D eigenvalue weighted by Crippen LogP contribution is -2.36. The third-order valence-electron chi connectivity index (χ3n) is 4.49. The van der Waals surface area contributed by atoms with Crippen molar-refractivity contribution < 1.29 is 0 Å². The van der Waals surface area contributed by atoms with Crippen molar-refractivity contribution >= 4 is 0 Å². The molecule has 0 aromatic heterocycles. The van der Waals surface area contributed by atoms with Gasteiger partial charge in [0, 0.05) is 12.6 Å². The molecular weight excluding hydrogens is 208 g/mol. The molecule has 2 rings (SSSR count). The average Bonchev–Trinajstić information content (AvgIpc) is 2.85. The maximum atomic E-state index is 3.78. The van der Waals surface area contributed by atoms with Crippen LogP contribution in [0.3, 0.4) is 0 Å². The second-order valence-corrected chi connectivity index (χ2v) is 7.13. The first-order valence-corrected chi connectivity index (χ1v) is 7.51. The summed E-state index contributed by atoms with van der Waals surface area (Å²) < 4.78 is 0. The Labute approximate surface area is 107 Å². The second-order valence-electron chi connectivity index (χ2n) is 7.13. The summed E-state index contributed by atoms with van der Waals surface area (Å²) in [6.45, 7) is 12.4. The summed E-state index contributed by atoms with van der Waals surface area (Å²) in [6, 6.07) is 0.783. The van der Waals surface area contributed by atoms with Gasteiger partial charge in [-0.3, -0.25) is 0 Å². The molecule has 0 amide bonds. The van der Waals surface area contributed by atoms with Crippen molar-refractivity contribution in [3.63, 3.8) is 0 Å². The number of hydrogen-bond donors (Lipinski definition) is 1. The Hall–Kier alpha value is -0.0800. The van der Waals surface area contributed by atoms with E-state index in [0.29, 0.717) is 5.41 Å². The third kappa shape index (κ3) is 4.26. The Morgan fingerprint density at radius 1 is 1.29 bits per heavy atom. The Kier molecular flexibility index (Phi) is 4.48. The molecule has 2 fully saturated rings. The molecule has 0 aromatic carbocycles. The van der Waals surface area contributed by atoms with Gasteiger partial charge >= 0.3 is 0 Å². The minimum absolute atomic E-state index is 0.579. The van der Waals surface area contributed by atoms with Crippen LogP contribution in [-0.2, 0) is 0 Å². The second kappa shape index (κ2) is 5.71. The van der Waals surface area contributed by atoms with E-state index in [1.807, 2.05) is 0 Å². The molecule has 0 radical (unpaired) electrons. The highest BCUT2D eigenvalue weighted by Crippen LogP contribution is 2.36. The molecule has 17 heavy (non-hydrogen) atoms. The summed E-state index contributed by atoms with van der Waals surface area (Å²) in [7, 11) is 0. The molecule has 1 saturated heterocycles. The van der Waals surface area contributed by atoms with E-state index in [-0.39, 0.29) is 0 Å². The van der Waals surface area contributed by atoms with E-state index in [2.05, 4.69) is 31.0 Å². The van der Waals surface area contributed by atoms with Crippen molar-refractivity contribution in [1.29, 1.82) is 0 Å². The fourth-order valence-electron chi connectivity index (χ4n) is 3.45. The van der Waals surface area contributed by atoms with Crippen molar-refractivity contribution in [3.05, 3.63) is 0 Å². The maximum Gasteiger partial charge on any atom is 0.00724 e. The van der Waals surface area contributed by atoms with Crippen LogP contribution in [0, 0.1) is 11.3 Å². The molecule has 2 heteroatoms. The van der Waals surface area contributed by atoms with Crippen LogP contribution in [0.5, 0.6) is 0 Å². The summed E-state index contributed by atoms with van der Waals surface area (Å²) in [5.74, 6) is 0.803. The Bertz CT molecular complexity index is 231. The van der Waals surface area contributed by atoms with Crippen LogP contribution in [0.15, 0.2) is 0 Å². The lowest BCUT2D eigenvalue weighted by molar-refractivity contribution is 0.275. The van der Waals surface area contributed by atoms with Gasteiger partial charge in [-0.1, -0.05) is 20.8 Å². The fraction of sp³-hybridized carbons (Fsp3) is 1.00. The number of rotatable bonds is 5. The SMILES string of the molecule is CC(CNC1CCC(C)(C)C1)CN1CCCC1. The summed E-state index contributed by atoms with van der Waals surface area (Å²) in [5.41, 5.74) is 0.579. The van der Waals surface area contributed by atoms with Gasteiger partial charge in [0.15, 0.2) is 0 Å². The number of nitrogens with zero attached hydrogens (tertiary/aromatic N) is 1. The summed E-state index contributed by atoms with van der Waals surface area (Å²) in [6.07, 6.45) is 6.96. The summed E-state index contributed by atoms with van der Waals surface area (Å²) in [5, 5.41) is 3.78. The van der Waals surface area contributed by atoms with Gasteiger partial charge in [-0.15, -0.1) is 0 Å². The van der Waals surface area contributed by atoms with Crippen molar-refractivity contribution in [1.82, 2.24) is 10.2 Å². The van der Waals surface area contributed by atoms with E-state index < -0.39 is 0 Å². The van der Waals surface area contributed by atoms with Gasteiger partial charge in [0.05, 0.1) is 0 Å². The monoisotopic (exact) mass is 238 g/mol. The summed E-state index contributed by atoms with van der Waals surface area (Å²) >= 11 is 0. The third-order valence-corrected chi connectivity index (χ3v) is 4.49. The van der Waals surface area contributed by atoms with Gasteiger partial charge in [-0.05, 0) is 63.1 Å². The van der Waals surface area contributed by atoms with Gasteiger partial charge in [-0.25, -0.2) is 0 Å². The first kappa shape index (κ1) is 13.4. The van der Waals surface area contributed by atoms with Crippen LogP contribution in [0.1, 0.15) is 52.9 Å². The van der Waals surface area contributed by atoms with Crippen LogP contribution in [0.4, 0.5) is 0 Å². The van der Waals surface area contributed by atoms with Crippen LogP contribution >= 0.6 is 0 Å². The molecule has 2 atom stereocenters. The normalized spacial score (nSPS) is 30.9. The van der Waals surface area contributed by atoms with Gasteiger partial charge in [-0.2, -0.15) is 0 Å². The number of nitrogens with one attached hydrogen (secondary N) is 1. The van der Waals surface area contributed by atoms with E-state index in [9.17, 15) is 0 Å². The average molecular weight is 238 g/mol. The first-order valence-electron chi connectivity index (χ1n) is 7.51. The number of hydrogen-bond acceptors (Lipinski definition) is 2. The minimum atomic E-state index is 0.579. The predicted molar refractivity (Wildman–Crippen MR) is 74.3 cm³/mol. The molecule has 1 saturated carbocycles. The maximum absolute atomic E-state index is 3.78. The lowest BCUT2D eigenvalue weighted by atomic mass is 9.92. The molecule has 1 heterocycles. The fourth-order valence-corrected chi connectivity index (χ4v) is 3.45. The van der Waals surface area contributed by atoms with Crippen LogP contribution < -0.4 is 5.32 Å². The van der Waals surface area contributed by atoms with E-state index >= 15 is 0 Å². The zero-order chi connectivity index (χ0) is 12.3. The predicted octanol–water partition coefficient (Wildman–Crippen LogP) is 2.89. The van der Waals surface area contributed by atoms with Crippen LogP contribution in [0.25, 0.3) is 0 Å². The van der Waals surface area contributed by atoms with Crippen LogP contribution in [-0.4, -0.2) is 37.1 Å². The number of likely N-dealkylation sites (tertiary alicyclic amines) is 1. The molecule has 0 spiro atoms. The molecule has 0 aromatic rings. The molecule has 2 nitrogen and oxygen atoms in total. The van der Waals surface area contributed by atoms with E-state index in [1.165, 1.54) is 58.3 Å². The minimum Gasteiger partial charge on any atom is -0.314 e. The lowest BCUT2D eigenvalue weighted by Gasteiger charge is -2.23. The molecule has 0 bridgehead atoms. The Morgan fingerprint density at radius 3 is 2.59 bits per heavy atom. The molecule has 1 N–H and O–H groups in total. The molecule has 2 aliphatic rings. The molecule has 1 aliphatic heterocycles. The first-order chi connectivity index (χ1) is 8.05. The Balaban J connectivity index is 1.61. The zero-order valence-electron chi connectivity index (χ0n) is 12.0. The van der Waals surface area contributed by atoms with Crippen molar-refractivity contribution in [2.45, 2.75) is 58.9 Å². The smallest absolute Gasteiger partial charge is 0.00724 e. The molecule has 1 aliphatic carbocycles. The van der Waals surface area contributed by atoms with E-state index in [4.69, 9.17) is 0 Å². The summed E-state index contributed by atoms with van der Waals surface area (Å²) in [4.78, 5) is 2.63. The largest absolute Gasteiger partial charge is 0.314 e. The molecule has 100 valence electrons. The van der Waals surface area contributed by atoms with Crippen LogP contribution in [0.2, 0.25) is 0 Å². The standard InChI is InChI=1S/C15H30N2/c1-13(12-17-8-4-5-9-17)11-16-14-6-7-15(2,3)10-14/h13-14,16H,4-12H2,1-3H3. The topological polar surface area (TPSA) is 15.3 Å². The molecule has 2 unspecified atom stereocenters. The van der Waals surface area contributed by atoms with Crippen molar-refractivity contribution in [2.24, 2.45) is 11.3 Å².